The van der Waals surface area contributed by atoms with Gasteiger partial charge in [-0.05, 0) is 72.9 Å². The number of carbonyl (C=O) groups excluding carboxylic acids is 1. The van der Waals surface area contributed by atoms with E-state index in [4.69, 9.17) is 18.9 Å². The Morgan fingerprint density at radius 2 is 1.77 bits per heavy atom. The van der Waals surface area contributed by atoms with E-state index in [1.807, 2.05) is 49.4 Å². The summed E-state index contributed by atoms with van der Waals surface area (Å²) in [5.74, 6) is 0.231. The lowest BCUT2D eigenvalue weighted by molar-refractivity contribution is -0.138. The first kappa shape index (κ1) is 32.5. The van der Waals surface area contributed by atoms with Crippen molar-refractivity contribution in [1.29, 1.82) is 0 Å². The van der Waals surface area contributed by atoms with Crippen LogP contribution in [0.15, 0.2) is 98.6 Å². The largest absolute Gasteiger partial charge is 0.496 e. The van der Waals surface area contributed by atoms with E-state index in [9.17, 15) is 19.5 Å². The molecule has 244 valence electrons. The number of benzene rings is 3. The van der Waals surface area contributed by atoms with E-state index in [2.05, 4.69) is 13.8 Å². The van der Waals surface area contributed by atoms with Crippen LogP contribution >= 0.6 is 11.3 Å². The summed E-state index contributed by atoms with van der Waals surface area (Å²) in [6, 6.07) is 22.4. The fourth-order valence-electron chi connectivity index (χ4n) is 5.86. The molecule has 1 atom stereocenters. The van der Waals surface area contributed by atoms with Gasteiger partial charge in [-0.1, -0.05) is 67.6 Å². The van der Waals surface area contributed by atoms with Crippen molar-refractivity contribution in [3.63, 3.8) is 0 Å². The van der Waals surface area contributed by atoms with Gasteiger partial charge in [0.1, 0.15) is 17.3 Å². The molecule has 0 aliphatic carbocycles. The van der Waals surface area contributed by atoms with Crippen LogP contribution in [-0.2, 0) is 9.53 Å². The van der Waals surface area contributed by atoms with E-state index in [-0.39, 0.29) is 29.2 Å². The fraction of sp³-hybridized carbons (Fsp3) is 0.211. The second-order valence-corrected chi connectivity index (χ2v) is 12.6. The molecule has 0 radical (unpaired) electrons. The number of methoxy groups -OCH3 is 1. The average molecular weight is 663 g/mol. The number of furan rings is 1. The number of ether oxygens (including phenoxy) is 2. The van der Waals surface area contributed by atoms with E-state index in [1.165, 1.54) is 23.5 Å². The highest BCUT2D eigenvalue weighted by atomic mass is 32.1. The molecule has 0 saturated heterocycles. The molecule has 3 aromatic carbocycles. The Morgan fingerprint density at radius 3 is 2.42 bits per heavy atom. The molecule has 10 heteroatoms. The molecule has 1 N–H and O–H groups in total. The number of carbonyl (C=O) groups is 2. The first-order chi connectivity index (χ1) is 23.1. The molecular formula is C38H34N2O7S. The van der Waals surface area contributed by atoms with Crippen LogP contribution in [-0.4, -0.2) is 35.3 Å². The summed E-state index contributed by atoms with van der Waals surface area (Å²) in [4.78, 5) is 44.9. The van der Waals surface area contributed by atoms with Crippen molar-refractivity contribution < 1.29 is 28.6 Å². The van der Waals surface area contributed by atoms with Crippen LogP contribution < -0.4 is 19.6 Å². The summed E-state index contributed by atoms with van der Waals surface area (Å²) >= 11 is 1.21. The van der Waals surface area contributed by atoms with E-state index < -0.39 is 18.0 Å². The summed E-state index contributed by atoms with van der Waals surface area (Å²) < 4.78 is 19.3. The predicted molar refractivity (Wildman–Crippen MR) is 184 cm³/mol. The average Bonchev–Trinajstić information content (AvgIpc) is 3.68. The standard InChI is InChI=1S/C38H34N2O7S/c1-6-46-37(44)32-33(24-10-8-7-9-11-24)39-38-40(34(32)28-20-27(21(2)3)30(45-5)18-22(28)4)35(41)31(48-38)19-26-16-17-29(47-26)23-12-14-25(15-13-23)36(42)43/h7-21,34H,6H2,1-5H3,(H,42,43)/b31-19-/t34-/m1/s1. The Morgan fingerprint density at radius 1 is 1.04 bits per heavy atom. The Kier molecular flexibility index (Phi) is 9.01. The maximum atomic E-state index is 14.4. The lowest BCUT2D eigenvalue weighted by Crippen LogP contribution is -2.40. The maximum absolute atomic E-state index is 14.4. The second-order valence-electron chi connectivity index (χ2n) is 11.6. The molecule has 0 saturated carbocycles. The van der Waals surface area contributed by atoms with Crippen LogP contribution in [0.1, 0.15) is 71.1 Å². The van der Waals surface area contributed by atoms with Crippen molar-refractivity contribution in [3.8, 4) is 17.1 Å². The molecule has 1 aliphatic heterocycles. The maximum Gasteiger partial charge on any atom is 0.338 e. The van der Waals surface area contributed by atoms with Crippen molar-refractivity contribution in [2.24, 2.45) is 4.99 Å². The molecule has 6 rings (SSSR count). The van der Waals surface area contributed by atoms with Gasteiger partial charge in [-0.25, -0.2) is 14.6 Å². The number of rotatable bonds is 9. The van der Waals surface area contributed by atoms with Gasteiger partial charge in [0, 0.05) is 17.2 Å². The molecule has 0 bridgehead atoms. The molecular weight excluding hydrogens is 628 g/mol. The first-order valence-corrected chi connectivity index (χ1v) is 16.3. The monoisotopic (exact) mass is 662 g/mol. The van der Waals surface area contributed by atoms with Gasteiger partial charge in [-0.3, -0.25) is 9.36 Å². The van der Waals surface area contributed by atoms with Crippen molar-refractivity contribution in [2.75, 3.05) is 13.7 Å². The summed E-state index contributed by atoms with van der Waals surface area (Å²) in [5.41, 5.74) is 4.54. The number of hydrogen-bond acceptors (Lipinski definition) is 8. The summed E-state index contributed by atoms with van der Waals surface area (Å²) in [5, 5.41) is 9.23. The van der Waals surface area contributed by atoms with Crippen LogP contribution in [0, 0.1) is 6.92 Å². The topological polar surface area (TPSA) is 120 Å². The zero-order valence-electron chi connectivity index (χ0n) is 27.1. The Balaban J connectivity index is 1.58. The highest BCUT2D eigenvalue weighted by Gasteiger charge is 2.36. The third-order valence-electron chi connectivity index (χ3n) is 8.23. The van der Waals surface area contributed by atoms with Crippen molar-refractivity contribution in [2.45, 2.75) is 39.7 Å². The molecule has 2 aromatic heterocycles. The molecule has 5 aromatic rings. The number of carboxylic acids is 1. The molecule has 0 amide bonds. The van der Waals surface area contributed by atoms with Gasteiger partial charge < -0.3 is 19.0 Å². The van der Waals surface area contributed by atoms with Crippen LogP contribution in [0.3, 0.4) is 0 Å². The summed E-state index contributed by atoms with van der Waals surface area (Å²) in [7, 11) is 1.63. The number of aryl methyl sites for hydroxylation is 1. The minimum absolute atomic E-state index is 0.104. The predicted octanol–water partition coefficient (Wildman–Crippen LogP) is 6.33. The van der Waals surface area contributed by atoms with Crippen LogP contribution in [0.2, 0.25) is 0 Å². The highest BCUT2D eigenvalue weighted by molar-refractivity contribution is 7.07. The SMILES string of the molecule is CCOC(=O)C1=C(c2ccccc2)N=c2s/c(=C\c3ccc(-c4ccc(C(=O)O)cc4)o3)c(=O)n2[C@@H]1c1cc(C(C)C)c(OC)cc1C. The lowest BCUT2D eigenvalue weighted by atomic mass is 9.87. The molecule has 3 heterocycles. The third-order valence-corrected chi connectivity index (χ3v) is 9.21. The Hall–Kier alpha value is -5.48. The van der Waals surface area contributed by atoms with Gasteiger partial charge in [-0.2, -0.15) is 0 Å². The third kappa shape index (κ3) is 6.02. The number of hydrogen-bond donors (Lipinski definition) is 1. The van der Waals surface area contributed by atoms with Crippen molar-refractivity contribution in [1.82, 2.24) is 4.57 Å². The van der Waals surface area contributed by atoms with Crippen LogP contribution in [0.25, 0.3) is 23.1 Å². The zero-order chi connectivity index (χ0) is 34.1. The number of carboxylic acid groups (broad SMARTS) is 1. The minimum atomic E-state index is -1.01. The van der Waals surface area contributed by atoms with E-state index >= 15 is 0 Å². The lowest BCUT2D eigenvalue weighted by Gasteiger charge is -2.28. The molecule has 1 aliphatic rings. The first-order valence-electron chi connectivity index (χ1n) is 15.5. The quantitative estimate of drug-likeness (QED) is 0.183. The van der Waals surface area contributed by atoms with Crippen LogP contribution in [0.5, 0.6) is 5.75 Å². The molecule has 0 unspecified atom stereocenters. The molecule has 0 spiro atoms. The number of fused-ring (bicyclic) bond motifs is 1. The van der Waals surface area contributed by atoms with Gasteiger partial charge in [0.25, 0.3) is 5.56 Å². The smallest absolute Gasteiger partial charge is 0.338 e. The number of esters is 1. The van der Waals surface area contributed by atoms with Gasteiger partial charge in [-0.15, -0.1) is 0 Å². The summed E-state index contributed by atoms with van der Waals surface area (Å²) in [6.07, 6.45) is 1.66. The van der Waals surface area contributed by atoms with Gasteiger partial charge in [0.15, 0.2) is 4.80 Å². The normalized spacial score (nSPS) is 14.5. The second kappa shape index (κ2) is 13.3. The van der Waals surface area contributed by atoms with E-state index in [0.717, 1.165) is 28.0 Å². The zero-order valence-corrected chi connectivity index (χ0v) is 28.0. The number of aromatic carboxylic acids is 1. The van der Waals surface area contributed by atoms with Gasteiger partial charge >= 0.3 is 11.9 Å². The van der Waals surface area contributed by atoms with Gasteiger partial charge in [0.05, 0.1) is 41.1 Å². The van der Waals surface area contributed by atoms with Crippen molar-refractivity contribution >= 4 is 35.0 Å². The highest BCUT2D eigenvalue weighted by Crippen LogP contribution is 2.40. The van der Waals surface area contributed by atoms with E-state index in [0.29, 0.717) is 32.1 Å². The Bertz CT molecular complexity index is 2240. The molecule has 9 nitrogen and oxygen atoms in total. The number of nitrogens with zero attached hydrogens (tertiary/aromatic N) is 2. The fourth-order valence-corrected chi connectivity index (χ4v) is 6.85. The molecule has 48 heavy (non-hydrogen) atoms. The van der Waals surface area contributed by atoms with Gasteiger partial charge in [0.2, 0.25) is 0 Å². The van der Waals surface area contributed by atoms with E-state index in [1.54, 1.807) is 48.9 Å². The number of aromatic nitrogens is 1. The van der Waals surface area contributed by atoms with Crippen molar-refractivity contribution in [3.05, 3.63) is 138 Å². The Labute approximate surface area is 280 Å². The summed E-state index contributed by atoms with van der Waals surface area (Å²) in [6.45, 7) is 7.98. The molecule has 0 fully saturated rings. The minimum Gasteiger partial charge on any atom is -0.496 e. The number of thiazole rings is 1. The van der Waals surface area contributed by atoms with Crippen LogP contribution in [0.4, 0.5) is 0 Å².